The first-order valence-electron chi connectivity index (χ1n) is 7.92. The number of carboxylic acids is 1. The monoisotopic (exact) mass is 384 g/mol. The van der Waals surface area contributed by atoms with Crippen LogP contribution in [0.3, 0.4) is 0 Å². The second-order valence-electron chi connectivity index (χ2n) is 5.85. The van der Waals surface area contributed by atoms with Gasteiger partial charge in [-0.25, -0.2) is 17.6 Å². The zero-order valence-corrected chi connectivity index (χ0v) is 16.3. The molecule has 0 radical (unpaired) electrons. The van der Waals surface area contributed by atoms with E-state index in [2.05, 4.69) is 4.74 Å². The normalized spacial score (nSPS) is 13.1. The number of carbonyl (C=O) groups is 2. The molecule has 0 saturated carbocycles. The van der Waals surface area contributed by atoms with Gasteiger partial charge in [-0.1, -0.05) is 13.8 Å². The first-order chi connectivity index (χ1) is 10.8. The Balaban J connectivity index is -0.000000175. The maximum absolute atomic E-state index is 12.6. The Morgan fingerprint density at radius 3 is 1.46 bits per heavy atom. The minimum absolute atomic E-state index is 0. The first kappa shape index (κ1) is 32.9. The molecule has 2 N–H and O–H groups in total. The van der Waals surface area contributed by atoms with Gasteiger partial charge in [-0.3, -0.25) is 9.59 Å². The molecule has 0 heterocycles. The van der Waals surface area contributed by atoms with E-state index in [1.807, 2.05) is 0 Å². The zero-order chi connectivity index (χ0) is 19.6. The number of aliphatic carboxylic acids is 1. The maximum Gasteiger partial charge on any atom is 1.00 e. The van der Waals surface area contributed by atoms with Gasteiger partial charge in [0.05, 0.1) is 18.4 Å². The van der Waals surface area contributed by atoms with Crippen molar-refractivity contribution < 1.29 is 61.3 Å². The molecule has 2 unspecified atom stereocenters. The van der Waals surface area contributed by atoms with E-state index >= 15 is 0 Å². The van der Waals surface area contributed by atoms with Gasteiger partial charge in [-0.05, 0) is 33.6 Å². The van der Waals surface area contributed by atoms with Crippen molar-refractivity contribution in [2.24, 2.45) is 11.8 Å². The molecule has 0 fully saturated rings. The number of halogens is 4. The van der Waals surface area contributed by atoms with E-state index in [-0.39, 0.29) is 37.4 Å². The molecular weight excluding hydrogens is 355 g/mol. The topological polar surface area (TPSA) is 93.6 Å². The maximum atomic E-state index is 12.6. The number of hydrogen-bond acceptors (Lipinski definition) is 4. The van der Waals surface area contributed by atoms with Crippen LogP contribution >= 0.6 is 0 Å². The summed E-state index contributed by atoms with van der Waals surface area (Å²) in [6.45, 7) is 6.74. The van der Waals surface area contributed by atoms with Crippen molar-refractivity contribution >= 4 is 11.9 Å². The quantitative estimate of drug-likeness (QED) is 0.370. The molecule has 0 aliphatic heterocycles. The van der Waals surface area contributed by atoms with Crippen LogP contribution in [0.1, 0.15) is 60.3 Å². The molecule has 152 valence electrons. The van der Waals surface area contributed by atoms with E-state index in [0.717, 1.165) is 13.8 Å². The molecule has 0 rings (SSSR count). The predicted molar refractivity (Wildman–Crippen MR) is 84.2 cm³/mol. The van der Waals surface area contributed by atoms with Crippen LogP contribution in [0.4, 0.5) is 17.6 Å². The van der Waals surface area contributed by atoms with Crippen LogP contribution in [-0.2, 0) is 14.3 Å². The minimum Gasteiger partial charge on any atom is -0.870 e. The van der Waals surface area contributed by atoms with E-state index < -0.39 is 48.5 Å². The van der Waals surface area contributed by atoms with Crippen LogP contribution < -0.4 is 18.9 Å². The van der Waals surface area contributed by atoms with Crippen molar-refractivity contribution in [1.29, 1.82) is 0 Å². The van der Waals surface area contributed by atoms with Gasteiger partial charge in [0.2, 0.25) is 11.8 Å². The average Bonchev–Trinajstić information content (AvgIpc) is 2.40. The van der Waals surface area contributed by atoms with Crippen molar-refractivity contribution in [3.8, 4) is 0 Å². The summed E-state index contributed by atoms with van der Waals surface area (Å²) in [5.41, 5.74) is 0. The summed E-state index contributed by atoms with van der Waals surface area (Å²) in [6.07, 6.45) is -0.359. The summed E-state index contributed by atoms with van der Waals surface area (Å²) < 4.78 is 54.3. The van der Waals surface area contributed by atoms with Crippen molar-refractivity contribution in [3.05, 3.63) is 0 Å². The number of carbonyl (C=O) groups excluding carboxylic acids is 1. The van der Waals surface area contributed by atoms with Gasteiger partial charge in [0.25, 0.3) is 0 Å². The molecule has 0 spiro atoms. The second kappa shape index (κ2) is 15.3. The van der Waals surface area contributed by atoms with E-state index in [1.54, 1.807) is 20.8 Å². The number of ether oxygens (including phenoxy) is 1. The van der Waals surface area contributed by atoms with Crippen LogP contribution in [0.2, 0.25) is 0 Å². The molecule has 0 aromatic heterocycles. The molecule has 0 aromatic rings. The van der Waals surface area contributed by atoms with Gasteiger partial charge in [0.1, 0.15) is 0 Å². The molecule has 0 aromatic carbocycles. The fraction of sp³-hybridized carbons (Fsp3) is 0.875. The van der Waals surface area contributed by atoms with E-state index in [4.69, 9.17) is 5.11 Å². The Bertz CT molecular complexity index is 384. The second-order valence-corrected chi connectivity index (χ2v) is 5.85. The molecule has 2 atom stereocenters. The van der Waals surface area contributed by atoms with Crippen LogP contribution in [0.25, 0.3) is 0 Å². The van der Waals surface area contributed by atoms with Crippen molar-refractivity contribution in [2.75, 3.05) is 6.61 Å². The van der Waals surface area contributed by atoms with Gasteiger partial charge < -0.3 is 15.3 Å². The number of rotatable bonds is 9. The third kappa shape index (κ3) is 19.5. The Labute approximate surface area is 164 Å². The predicted octanol–water partition coefficient (Wildman–Crippen LogP) is 1.59. The Morgan fingerprint density at radius 1 is 0.923 bits per heavy atom. The summed E-state index contributed by atoms with van der Waals surface area (Å²) in [5.74, 6) is -8.94. The van der Waals surface area contributed by atoms with Gasteiger partial charge in [0, 0.05) is 12.8 Å². The third-order valence-corrected chi connectivity index (χ3v) is 3.16. The molecule has 0 saturated heterocycles. The fourth-order valence-corrected chi connectivity index (χ4v) is 1.93. The Morgan fingerprint density at radius 2 is 1.27 bits per heavy atom. The molecule has 0 amide bonds. The molecule has 5 nitrogen and oxygen atoms in total. The molecule has 0 aliphatic rings. The third-order valence-electron chi connectivity index (χ3n) is 3.16. The van der Waals surface area contributed by atoms with Crippen LogP contribution in [0.15, 0.2) is 0 Å². The van der Waals surface area contributed by atoms with Crippen molar-refractivity contribution in [1.82, 2.24) is 0 Å². The minimum atomic E-state index is -2.88. The molecule has 0 aliphatic carbocycles. The smallest absolute Gasteiger partial charge is 0.870 e. The van der Waals surface area contributed by atoms with Crippen molar-refractivity contribution in [2.45, 2.75) is 72.1 Å². The average molecular weight is 384 g/mol. The number of carboxylic acid groups (broad SMARTS) is 1. The first-order valence-corrected chi connectivity index (χ1v) is 7.92. The van der Waals surface area contributed by atoms with Gasteiger partial charge in [0.15, 0.2) is 0 Å². The fourth-order valence-electron chi connectivity index (χ4n) is 1.93. The zero-order valence-electron chi connectivity index (χ0n) is 16.3. The van der Waals surface area contributed by atoms with E-state index in [9.17, 15) is 27.2 Å². The summed E-state index contributed by atoms with van der Waals surface area (Å²) >= 11 is 0. The summed E-state index contributed by atoms with van der Waals surface area (Å²) in [4.78, 5) is 21.4. The number of esters is 1. The summed E-state index contributed by atoms with van der Waals surface area (Å²) in [6, 6.07) is 0. The van der Waals surface area contributed by atoms with Crippen LogP contribution in [-0.4, -0.2) is 41.0 Å². The SMILES string of the molecule is CCC(CC(C)(F)F)C(=O)O.CCOC(=O)C(CC)CC(C)(F)F.[Li+].[OH-]. The largest absolute Gasteiger partial charge is 1.00 e. The Hall–Kier alpha value is -0.783. The Kier molecular flexibility index (Phi) is 19.3. The van der Waals surface area contributed by atoms with Gasteiger partial charge >= 0.3 is 30.8 Å². The number of alkyl halides is 4. The van der Waals surface area contributed by atoms with Crippen molar-refractivity contribution in [3.63, 3.8) is 0 Å². The number of hydrogen-bond donors (Lipinski definition) is 1. The van der Waals surface area contributed by atoms with Crippen LogP contribution in [0, 0.1) is 11.8 Å². The summed E-state index contributed by atoms with van der Waals surface area (Å²) in [5, 5.41) is 8.40. The van der Waals surface area contributed by atoms with Gasteiger partial charge in [-0.15, -0.1) is 0 Å². The van der Waals surface area contributed by atoms with E-state index in [0.29, 0.717) is 6.42 Å². The molecule has 0 bridgehead atoms. The van der Waals surface area contributed by atoms with Gasteiger partial charge in [-0.2, -0.15) is 0 Å². The molecular formula is C16H29F4LiO5. The molecule has 10 heteroatoms. The van der Waals surface area contributed by atoms with Crippen LogP contribution in [0.5, 0.6) is 0 Å². The summed E-state index contributed by atoms with van der Waals surface area (Å²) in [7, 11) is 0. The standard InChI is InChI=1S/C9H16F2O2.C7H12F2O2.Li.H2O/c1-4-7(6-9(3,10)11)8(12)13-5-2;1-3-5(6(10)11)4-7(2,8)9;;/h7H,4-6H2,1-3H3;5H,3-4H2,1-2H3,(H,10,11);;1H2/q;;+1;/p-1. The van der Waals surface area contributed by atoms with E-state index in [1.165, 1.54) is 0 Å². The molecule has 26 heavy (non-hydrogen) atoms.